The fourth-order valence-electron chi connectivity index (χ4n) is 2.76. The number of morpholine rings is 1. The van der Waals surface area contributed by atoms with Crippen molar-refractivity contribution < 1.29 is 36.6 Å². The van der Waals surface area contributed by atoms with Crippen LogP contribution in [0.15, 0.2) is 41.3 Å². The number of carbonyl (C=O) groups is 1. The van der Waals surface area contributed by atoms with E-state index in [-0.39, 0.29) is 5.69 Å². The monoisotopic (exact) mass is 428 g/mol. The highest BCUT2D eigenvalue weighted by molar-refractivity contribution is 7.92. The number of sulfonamides is 1. The zero-order chi connectivity index (χ0) is 21.0. The molecule has 2 aromatic rings. The molecule has 0 aliphatic carbocycles. The third-order valence-corrected chi connectivity index (χ3v) is 5.45. The summed E-state index contributed by atoms with van der Waals surface area (Å²) in [4.78, 5) is 11.9. The highest BCUT2D eigenvalue weighted by Crippen LogP contribution is 2.26. The van der Waals surface area contributed by atoms with Gasteiger partial charge in [-0.1, -0.05) is 0 Å². The van der Waals surface area contributed by atoms with Gasteiger partial charge in [0.05, 0.1) is 23.8 Å². The summed E-state index contributed by atoms with van der Waals surface area (Å²) < 4.78 is 65.4. The first-order valence-corrected chi connectivity index (χ1v) is 10.0. The molecule has 0 radical (unpaired) electrons. The first-order valence-electron chi connectivity index (χ1n) is 8.55. The highest BCUT2D eigenvalue weighted by Gasteiger charge is 2.19. The van der Waals surface area contributed by atoms with Crippen LogP contribution in [0.4, 0.5) is 20.2 Å². The molecular formula is C18H18F2N2O6S. The molecule has 0 amide bonds. The van der Waals surface area contributed by atoms with E-state index >= 15 is 0 Å². The third kappa shape index (κ3) is 5.33. The molecule has 0 atom stereocenters. The minimum atomic E-state index is -4.22. The Labute approximate surface area is 165 Å². The Balaban J connectivity index is 1.81. The minimum absolute atomic E-state index is 0.0156. The number of rotatable bonds is 7. The van der Waals surface area contributed by atoms with E-state index in [0.717, 1.165) is 18.2 Å². The summed E-state index contributed by atoms with van der Waals surface area (Å²) in [6.45, 7) is 1.27. The van der Waals surface area contributed by atoms with Crippen molar-refractivity contribution in [1.29, 1.82) is 0 Å². The van der Waals surface area contributed by atoms with Gasteiger partial charge in [-0.25, -0.2) is 22.0 Å². The van der Waals surface area contributed by atoms with Gasteiger partial charge in [-0.3, -0.25) is 4.72 Å². The molecule has 0 aromatic heterocycles. The number of carboxylic acid groups (broad SMARTS) is 1. The number of hydrogen-bond acceptors (Lipinski definition) is 6. The molecule has 29 heavy (non-hydrogen) atoms. The molecule has 156 valence electrons. The number of anilines is 2. The van der Waals surface area contributed by atoms with Crippen LogP contribution in [0.25, 0.3) is 0 Å². The van der Waals surface area contributed by atoms with Crippen molar-refractivity contribution in [2.24, 2.45) is 0 Å². The molecule has 1 aliphatic heterocycles. The predicted octanol–water partition coefficient (Wildman–Crippen LogP) is 2.07. The summed E-state index contributed by atoms with van der Waals surface area (Å²) in [6.07, 6.45) is 0. The lowest BCUT2D eigenvalue weighted by Gasteiger charge is -2.29. The summed E-state index contributed by atoms with van der Waals surface area (Å²) in [5.41, 5.74) is 0.479. The summed E-state index contributed by atoms with van der Waals surface area (Å²) in [7, 11) is -4.22. The molecule has 1 saturated heterocycles. The molecule has 11 heteroatoms. The maximum absolute atomic E-state index is 14.1. The smallest absolute Gasteiger partial charge is 0.341 e. The predicted molar refractivity (Wildman–Crippen MR) is 99.8 cm³/mol. The van der Waals surface area contributed by atoms with Crippen LogP contribution in [-0.4, -0.2) is 52.4 Å². The van der Waals surface area contributed by atoms with E-state index < -0.39 is 44.9 Å². The van der Waals surface area contributed by atoms with Gasteiger partial charge < -0.3 is 19.5 Å². The van der Waals surface area contributed by atoms with Crippen molar-refractivity contribution in [2.45, 2.75) is 4.90 Å². The Kier molecular flexibility index (Phi) is 6.18. The van der Waals surface area contributed by atoms with Gasteiger partial charge in [0.25, 0.3) is 10.0 Å². The number of nitrogens with one attached hydrogen (secondary N) is 1. The fraction of sp³-hybridized carbons (Fsp3) is 0.278. The molecule has 3 rings (SSSR count). The number of carboxylic acids is 1. The molecule has 0 saturated carbocycles. The average molecular weight is 428 g/mol. The highest BCUT2D eigenvalue weighted by atomic mass is 32.2. The summed E-state index contributed by atoms with van der Waals surface area (Å²) in [5, 5.41) is 8.56. The topological polar surface area (TPSA) is 105 Å². The lowest BCUT2D eigenvalue weighted by molar-refractivity contribution is -0.139. The summed E-state index contributed by atoms with van der Waals surface area (Å²) >= 11 is 0. The Bertz CT molecular complexity index is 1010. The van der Waals surface area contributed by atoms with Crippen LogP contribution in [0.3, 0.4) is 0 Å². The number of halogens is 2. The van der Waals surface area contributed by atoms with Crippen LogP contribution >= 0.6 is 0 Å². The van der Waals surface area contributed by atoms with Crippen LogP contribution < -0.4 is 14.4 Å². The van der Waals surface area contributed by atoms with E-state index in [1.165, 1.54) is 12.1 Å². The molecule has 0 spiro atoms. The van der Waals surface area contributed by atoms with Gasteiger partial charge in [0.2, 0.25) is 0 Å². The van der Waals surface area contributed by atoms with Crippen molar-refractivity contribution in [1.82, 2.24) is 0 Å². The second kappa shape index (κ2) is 8.62. The Morgan fingerprint density at radius 3 is 2.55 bits per heavy atom. The van der Waals surface area contributed by atoms with E-state index in [1.807, 2.05) is 4.90 Å². The van der Waals surface area contributed by atoms with Gasteiger partial charge in [-0.2, -0.15) is 0 Å². The van der Waals surface area contributed by atoms with Gasteiger partial charge in [0.1, 0.15) is 5.82 Å². The van der Waals surface area contributed by atoms with E-state index in [2.05, 4.69) is 4.72 Å². The van der Waals surface area contributed by atoms with Gasteiger partial charge in [0.15, 0.2) is 18.2 Å². The maximum Gasteiger partial charge on any atom is 0.341 e. The average Bonchev–Trinajstić information content (AvgIpc) is 2.66. The van der Waals surface area contributed by atoms with Crippen molar-refractivity contribution in [3.63, 3.8) is 0 Å². The van der Waals surface area contributed by atoms with Crippen LogP contribution in [-0.2, 0) is 19.6 Å². The molecule has 1 heterocycles. The summed E-state index contributed by atoms with van der Waals surface area (Å²) in [5.74, 6) is -3.37. The van der Waals surface area contributed by atoms with Crippen LogP contribution in [0, 0.1) is 11.6 Å². The quantitative estimate of drug-likeness (QED) is 0.696. The zero-order valence-corrected chi connectivity index (χ0v) is 15.9. The number of hydrogen-bond donors (Lipinski definition) is 2. The van der Waals surface area contributed by atoms with Gasteiger partial charge in [-0.05, 0) is 36.4 Å². The molecule has 0 bridgehead atoms. The number of ether oxygens (including phenoxy) is 2. The van der Waals surface area contributed by atoms with Crippen LogP contribution in [0.1, 0.15) is 0 Å². The molecule has 8 nitrogen and oxygen atoms in total. The molecule has 1 fully saturated rings. The third-order valence-electron chi connectivity index (χ3n) is 4.08. The second-order valence-corrected chi connectivity index (χ2v) is 7.86. The van der Waals surface area contributed by atoms with Crippen LogP contribution in [0.5, 0.6) is 5.75 Å². The van der Waals surface area contributed by atoms with Crippen molar-refractivity contribution in [3.8, 4) is 5.75 Å². The Morgan fingerprint density at radius 2 is 1.90 bits per heavy atom. The van der Waals surface area contributed by atoms with Gasteiger partial charge in [-0.15, -0.1) is 0 Å². The fourth-order valence-corrected chi connectivity index (χ4v) is 3.81. The molecule has 2 aromatic carbocycles. The maximum atomic E-state index is 14.1. The standard InChI is InChI=1S/C18H18F2N2O6S/c19-12-7-13(9-14(8-12)22-3-5-27-6-4-22)21-29(25,26)15-1-2-17(16(20)10-15)28-11-18(23)24/h1-2,7-10,21H,3-6,11H2,(H,23,24). The van der Waals surface area contributed by atoms with Gasteiger partial charge in [0, 0.05) is 18.8 Å². The SMILES string of the molecule is O=C(O)COc1ccc(S(=O)(=O)Nc2cc(F)cc(N3CCOCC3)c2)cc1F. The normalized spacial score (nSPS) is 14.5. The first-order chi connectivity index (χ1) is 13.7. The number of aliphatic carboxylic acids is 1. The second-order valence-electron chi connectivity index (χ2n) is 6.18. The van der Waals surface area contributed by atoms with E-state index in [0.29, 0.717) is 38.1 Å². The Hall–Kier alpha value is -2.92. The largest absolute Gasteiger partial charge is 0.479 e. The van der Waals surface area contributed by atoms with E-state index in [9.17, 15) is 22.0 Å². The van der Waals surface area contributed by atoms with Crippen molar-refractivity contribution in [2.75, 3.05) is 42.5 Å². The molecular weight excluding hydrogens is 410 g/mol. The van der Waals surface area contributed by atoms with Crippen molar-refractivity contribution in [3.05, 3.63) is 48.0 Å². The molecule has 2 N–H and O–H groups in total. The van der Waals surface area contributed by atoms with Crippen molar-refractivity contribution >= 4 is 27.4 Å². The van der Waals surface area contributed by atoms with Gasteiger partial charge >= 0.3 is 5.97 Å². The summed E-state index contributed by atoms with van der Waals surface area (Å²) in [6, 6.07) is 6.55. The van der Waals surface area contributed by atoms with E-state index in [4.69, 9.17) is 14.6 Å². The lowest BCUT2D eigenvalue weighted by atomic mass is 10.2. The lowest BCUT2D eigenvalue weighted by Crippen LogP contribution is -2.36. The zero-order valence-electron chi connectivity index (χ0n) is 15.1. The van der Waals surface area contributed by atoms with Crippen LogP contribution in [0.2, 0.25) is 0 Å². The Morgan fingerprint density at radius 1 is 1.17 bits per heavy atom. The molecule has 0 unspecified atom stereocenters. The molecule has 1 aliphatic rings. The number of nitrogens with zero attached hydrogens (tertiary/aromatic N) is 1. The first kappa shape index (κ1) is 20.8. The van der Waals surface area contributed by atoms with E-state index in [1.54, 1.807) is 0 Å². The number of benzene rings is 2. The minimum Gasteiger partial charge on any atom is -0.479 e.